The van der Waals surface area contributed by atoms with Crippen molar-refractivity contribution in [1.82, 2.24) is 9.13 Å². The molecular weight excluding hydrogens is 286 g/mol. The number of nitrogens with zero attached hydrogens (tertiary/aromatic N) is 4. The first-order chi connectivity index (χ1) is 11.3. The Labute approximate surface area is 140 Å². The zero-order valence-electron chi connectivity index (χ0n) is 14.9. The minimum atomic E-state index is 1.08. The average Bonchev–Trinajstić information content (AvgIpc) is 3.20. The van der Waals surface area contributed by atoms with Crippen LogP contribution in [0.2, 0.25) is 0 Å². The standard InChI is InChI=1S/C18H33N5/c1-3-5-9-20-13-15-22(17-20)11-7-19-8-12-23-16-14-21(18-23)10-6-4-2/h13-19H,3-12H2,1-2H3/q+2/p+1. The summed E-state index contributed by atoms with van der Waals surface area (Å²) in [6, 6.07) is 0. The lowest BCUT2D eigenvalue weighted by Crippen LogP contribution is -2.85. The molecule has 2 N–H and O–H groups in total. The minimum Gasteiger partial charge on any atom is -0.340 e. The first-order valence-electron chi connectivity index (χ1n) is 9.23. The summed E-state index contributed by atoms with van der Waals surface area (Å²) in [5, 5.41) is 2.41. The summed E-state index contributed by atoms with van der Waals surface area (Å²) in [4.78, 5) is 0. The molecule has 0 aliphatic heterocycles. The average molecular weight is 321 g/mol. The summed E-state index contributed by atoms with van der Waals surface area (Å²) in [7, 11) is 0. The highest BCUT2D eigenvalue weighted by molar-refractivity contribution is 4.66. The lowest BCUT2D eigenvalue weighted by Gasteiger charge is -1.99. The van der Waals surface area contributed by atoms with Crippen LogP contribution < -0.4 is 14.5 Å². The highest BCUT2D eigenvalue weighted by Gasteiger charge is 2.06. The van der Waals surface area contributed by atoms with Crippen molar-refractivity contribution in [2.45, 2.75) is 65.7 Å². The number of hydrogen-bond acceptors (Lipinski definition) is 0. The van der Waals surface area contributed by atoms with Crippen molar-refractivity contribution >= 4 is 0 Å². The monoisotopic (exact) mass is 320 g/mol. The quantitative estimate of drug-likeness (QED) is 0.442. The number of unbranched alkanes of at least 4 members (excludes halogenated alkanes) is 2. The van der Waals surface area contributed by atoms with Gasteiger partial charge in [-0.1, -0.05) is 26.7 Å². The zero-order chi connectivity index (χ0) is 16.3. The van der Waals surface area contributed by atoms with Gasteiger partial charge in [0.1, 0.15) is 51.0 Å². The van der Waals surface area contributed by atoms with Crippen LogP contribution in [0.3, 0.4) is 0 Å². The second-order valence-corrected chi connectivity index (χ2v) is 6.35. The molecule has 2 aromatic heterocycles. The van der Waals surface area contributed by atoms with Gasteiger partial charge in [0.15, 0.2) is 0 Å². The van der Waals surface area contributed by atoms with Crippen LogP contribution in [0.1, 0.15) is 39.5 Å². The van der Waals surface area contributed by atoms with Crippen molar-refractivity contribution in [3.8, 4) is 0 Å². The second-order valence-electron chi connectivity index (χ2n) is 6.35. The molecule has 0 saturated carbocycles. The Morgan fingerprint density at radius 1 is 0.783 bits per heavy atom. The van der Waals surface area contributed by atoms with Crippen LogP contribution in [0, 0.1) is 0 Å². The molecule has 0 radical (unpaired) electrons. The van der Waals surface area contributed by atoms with E-state index in [4.69, 9.17) is 0 Å². The molecule has 0 atom stereocenters. The summed E-state index contributed by atoms with van der Waals surface area (Å²) in [6.45, 7) is 11.2. The maximum absolute atomic E-state index is 2.41. The fourth-order valence-corrected chi connectivity index (χ4v) is 2.71. The summed E-state index contributed by atoms with van der Waals surface area (Å²) in [5.74, 6) is 0. The lowest BCUT2D eigenvalue weighted by atomic mass is 10.3. The summed E-state index contributed by atoms with van der Waals surface area (Å²) in [6.07, 6.45) is 18.2. The van der Waals surface area contributed by atoms with E-state index in [0.717, 1.165) is 39.3 Å². The smallest absolute Gasteiger partial charge is 0.243 e. The fraction of sp³-hybridized carbons (Fsp3) is 0.667. The lowest BCUT2D eigenvalue weighted by molar-refractivity contribution is -0.697. The van der Waals surface area contributed by atoms with Crippen molar-refractivity contribution in [1.29, 1.82) is 0 Å². The van der Waals surface area contributed by atoms with Gasteiger partial charge in [0.05, 0.1) is 13.1 Å². The molecule has 23 heavy (non-hydrogen) atoms. The number of aryl methyl sites for hydroxylation is 2. The van der Waals surface area contributed by atoms with Gasteiger partial charge in [-0.25, -0.2) is 18.3 Å². The number of nitrogens with two attached hydrogens (primary N) is 1. The Balaban J connectivity index is 1.58. The van der Waals surface area contributed by atoms with Crippen LogP contribution in [0.4, 0.5) is 0 Å². The SMILES string of the molecule is CCCC[n+]1ccn(CC[NH2+]CCn2cc[n+](CCCC)c2)c1. The van der Waals surface area contributed by atoms with E-state index in [2.05, 4.69) is 74.9 Å². The number of imidazole rings is 2. The topological polar surface area (TPSA) is 34.2 Å². The zero-order valence-corrected chi connectivity index (χ0v) is 14.9. The molecule has 0 spiro atoms. The molecule has 0 saturated heterocycles. The van der Waals surface area contributed by atoms with E-state index in [1.165, 1.54) is 25.7 Å². The van der Waals surface area contributed by atoms with E-state index >= 15 is 0 Å². The molecular formula is C18H34N5+3. The Morgan fingerprint density at radius 3 is 1.70 bits per heavy atom. The molecule has 0 aromatic carbocycles. The highest BCUT2D eigenvalue weighted by atomic mass is 15.1. The Hall–Kier alpha value is -1.62. The van der Waals surface area contributed by atoms with E-state index in [-0.39, 0.29) is 0 Å². The van der Waals surface area contributed by atoms with Crippen LogP contribution in [0.25, 0.3) is 0 Å². The molecule has 2 aromatic rings. The summed E-state index contributed by atoms with van der Waals surface area (Å²) >= 11 is 0. The minimum absolute atomic E-state index is 1.08. The number of aromatic nitrogens is 4. The molecule has 5 nitrogen and oxygen atoms in total. The predicted molar refractivity (Wildman–Crippen MR) is 90.7 cm³/mol. The van der Waals surface area contributed by atoms with E-state index in [1.807, 2.05) is 0 Å². The van der Waals surface area contributed by atoms with Gasteiger partial charge in [-0.05, 0) is 12.8 Å². The van der Waals surface area contributed by atoms with E-state index in [0.29, 0.717) is 0 Å². The molecule has 2 rings (SSSR count). The highest BCUT2D eigenvalue weighted by Crippen LogP contribution is 1.89. The van der Waals surface area contributed by atoms with E-state index in [1.54, 1.807) is 0 Å². The maximum atomic E-state index is 2.41. The Bertz CT molecular complexity index is 495. The van der Waals surface area contributed by atoms with Crippen molar-refractivity contribution in [3.05, 3.63) is 37.4 Å². The van der Waals surface area contributed by atoms with Gasteiger partial charge >= 0.3 is 0 Å². The molecule has 0 unspecified atom stereocenters. The first kappa shape index (κ1) is 17.7. The number of quaternary nitrogens is 1. The van der Waals surface area contributed by atoms with Crippen LogP contribution in [0.5, 0.6) is 0 Å². The first-order valence-corrected chi connectivity index (χ1v) is 9.23. The van der Waals surface area contributed by atoms with Gasteiger partial charge < -0.3 is 5.32 Å². The second kappa shape index (κ2) is 10.2. The molecule has 0 fully saturated rings. The van der Waals surface area contributed by atoms with Gasteiger partial charge in [-0.2, -0.15) is 0 Å². The van der Waals surface area contributed by atoms with Crippen molar-refractivity contribution < 1.29 is 14.5 Å². The third kappa shape index (κ3) is 6.57. The van der Waals surface area contributed by atoms with Crippen LogP contribution in [0.15, 0.2) is 37.4 Å². The molecule has 0 amide bonds. The molecule has 0 bridgehead atoms. The number of rotatable bonds is 12. The van der Waals surface area contributed by atoms with Crippen molar-refractivity contribution in [2.75, 3.05) is 13.1 Å². The van der Waals surface area contributed by atoms with Gasteiger partial charge in [0.2, 0.25) is 12.7 Å². The van der Waals surface area contributed by atoms with Crippen LogP contribution >= 0.6 is 0 Å². The Morgan fingerprint density at radius 2 is 1.26 bits per heavy atom. The summed E-state index contributed by atoms with van der Waals surface area (Å²) in [5.41, 5.74) is 0. The van der Waals surface area contributed by atoms with Crippen LogP contribution in [-0.2, 0) is 26.2 Å². The molecule has 0 aliphatic rings. The molecule has 2 heterocycles. The summed E-state index contributed by atoms with van der Waals surface area (Å²) < 4.78 is 9.16. The van der Waals surface area contributed by atoms with Crippen molar-refractivity contribution in [2.24, 2.45) is 0 Å². The number of hydrogen-bond donors (Lipinski definition) is 1. The third-order valence-corrected chi connectivity index (χ3v) is 4.22. The molecule has 5 heteroatoms. The van der Waals surface area contributed by atoms with Gasteiger partial charge in [0.25, 0.3) is 0 Å². The van der Waals surface area contributed by atoms with E-state index < -0.39 is 0 Å². The predicted octanol–water partition coefficient (Wildman–Crippen LogP) is 0.728. The van der Waals surface area contributed by atoms with Gasteiger partial charge in [-0.3, -0.25) is 0 Å². The van der Waals surface area contributed by atoms with Gasteiger partial charge in [-0.15, -0.1) is 0 Å². The van der Waals surface area contributed by atoms with Crippen LogP contribution in [-0.4, -0.2) is 22.2 Å². The van der Waals surface area contributed by atoms with Crippen molar-refractivity contribution in [3.63, 3.8) is 0 Å². The molecule has 0 aliphatic carbocycles. The fourth-order valence-electron chi connectivity index (χ4n) is 2.71. The third-order valence-electron chi connectivity index (χ3n) is 4.22. The largest absolute Gasteiger partial charge is 0.340 e. The normalized spacial score (nSPS) is 11.2. The maximum Gasteiger partial charge on any atom is 0.243 e. The Kier molecular flexibility index (Phi) is 7.87. The van der Waals surface area contributed by atoms with E-state index in [9.17, 15) is 0 Å². The van der Waals surface area contributed by atoms with Gasteiger partial charge in [0, 0.05) is 0 Å². The molecule has 128 valence electrons.